The van der Waals surface area contributed by atoms with E-state index in [9.17, 15) is 4.79 Å². The fourth-order valence-electron chi connectivity index (χ4n) is 1.20. The fraction of sp³-hybridized carbons (Fsp3) is 0.429. The second-order valence-corrected chi connectivity index (χ2v) is 5.70. The number of carbonyl (C=O) groups is 1. The first-order valence-corrected chi connectivity index (χ1v) is 6.81. The topological polar surface area (TPSA) is 51.2 Å². The van der Waals surface area contributed by atoms with E-state index < -0.39 is 11.7 Å². The number of nitrogens with one attached hydrogen (secondary N) is 1. The van der Waals surface area contributed by atoms with E-state index in [0.29, 0.717) is 23.7 Å². The lowest BCUT2D eigenvalue weighted by Gasteiger charge is -2.19. The molecule has 0 radical (unpaired) electrons. The van der Waals surface area contributed by atoms with Gasteiger partial charge in [0.15, 0.2) is 0 Å². The van der Waals surface area contributed by atoms with Crippen molar-refractivity contribution >= 4 is 29.3 Å². The van der Waals surface area contributed by atoms with Gasteiger partial charge in [-0.25, -0.2) is 9.78 Å². The Kier molecular flexibility index (Phi) is 6.12. The predicted octanol–water partition coefficient (Wildman–Crippen LogP) is 3.65. The molecule has 1 heterocycles. The number of halogens is 2. The van der Waals surface area contributed by atoms with E-state index in [1.807, 2.05) is 20.8 Å². The van der Waals surface area contributed by atoms with Crippen LogP contribution in [0.5, 0.6) is 0 Å². The Morgan fingerprint density at radius 1 is 1.40 bits per heavy atom. The van der Waals surface area contributed by atoms with Gasteiger partial charge < -0.3 is 10.1 Å². The van der Waals surface area contributed by atoms with Gasteiger partial charge in [0.25, 0.3) is 0 Å². The third kappa shape index (κ3) is 6.65. The van der Waals surface area contributed by atoms with Gasteiger partial charge in [0.1, 0.15) is 15.9 Å². The molecule has 0 aromatic carbocycles. The average Bonchev–Trinajstić information content (AvgIpc) is 2.28. The summed E-state index contributed by atoms with van der Waals surface area (Å²) < 4.78 is 5.09. The van der Waals surface area contributed by atoms with Gasteiger partial charge in [-0.1, -0.05) is 35.0 Å². The van der Waals surface area contributed by atoms with Crippen molar-refractivity contribution in [1.82, 2.24) is 10.3 Å². The molecule has 0 saturated carbocycles. The zero-order valence-corrected chi connectivity index (χ0v) is 13.1. The van der Waals surface area contributed by atoms with Gasteiger partial charge in [-0.2, -0.15) is 0 Å². The Bertz CT molecular complexity index is 542. The van der Waals surface area contributed by atoms with Crippen LogP contribution in [0.15, 0.2) is 12.1 Å². The van der Waals surface area contributed by atoms with Crippen LogP contribution in [0.1, 0.15) is 32.8 Å². The number of alkyl carbamates (subject to hydrolysis) is 1. The van der Waals surface area contributed by atoms with Crippen LogP contribution in [0, 0.1) is 11.8 Å². The normalized spacial score (nSPS) is 10.4. The quantitative estimate of drug-likeness (QED) is 0.515. The second kappa shape index (κ2) is 7.37. The molecule has 1 amide bonds. The zero-order chi connectivity index (χ0) is 15.2. The molecule has 1 rings (SSSR count). The van der Waals surface area contributed by atoms with Gasteiger partial charge in [-0.15, -0.1) is 0 Å². The van der Waals surface area contributed by atoms with Crippen LogP contribution in [-0.2, 0) is 4.74 Å². The van der Waals surface area contributed by atoms with Gasteiger partial charge >= 0.3 is 6.09 Å². The molecule has 0 spiro atoms. The number of hydrogen-bond acceptors (Lipinski definition) is 3. The van der Waals surface area contributed by atoms with E-state index in [4.69, 9.17) is 27.9 Å². The van der Waals surface area contributed by atoms with Crippen molar-refractivity contribution in [2.45, 2.75) is 32.8 Å². The standard InChI is InChI=1S/C14H16Cl2N2O2/c1-14(2,3)20-13(19)17-9-5-4-6-10-7-8-11(15)18-12(10)16/h7-8H,5,9H2,1-3H3,(H,17,19). The van der Waals surface area contributed by atoms with Gasteiger partial charge in [0.05, 0.1) is 5.56 Å². The summed E-state index contributed by atoms with van der Waals surface area (Å²) in [7, 11) is 0. The summed E-state index contributed by atoms with van der Waals surface area (Å²) in [6.07, 6.45) is 0.0311. The molecule has 0 unspecified atom stereocenters. The number of rotatable bonds is 2. The van der Waals surface area contributed by atoms with Crippen LogP contribution in [0.25, 0.3) is 0 Å². The van der Waals surface area contributed by atoms with Crippen LogP contribution in [0.2, 0.25) is 10.3 Å². The Hall–Kier alpha value is -1.44. The third-order valence-electron chi connectivity index (χ3n) is 1.96. The van der Waals surface area contributed by atoms with E-state index in [1.54, 1.807) is 12.1 Å². The molecule has 0 aliphatic heterocycles. The lowest BCUT2D eigenvalue weighted by atomic mass is 10.2. The van der Waals surface area contributed by atoms with Gasteiger partial charge in [-0.05, 0) is 32.9 Å². The largest absolute Gasteiger partial charge is 0.444 e. The highest BCUT2D eigenvalue weighted by atomic mass is 35.5. The molecule has 4 nitrogen and oxygen atoms in total. The van der Waals surface area contributed by atoms with E-state index >= 15 is 0 Å². The second-order valence-electron chi connectivity index (χ2n) is 4.95. The maximum absolute atomic E-state index is 11.4. The Labute approximate surface area is 128 Å². The average molecular weight is 315 g/mol. The summed E-state index contributed by atoms with van der Waals surface area (Å²) >= 11 is 11.6. The Morgan fingerprint density at radius 2 is 2.10 bits per heavy atom. The molecule has 1 aromatic rings. The lowest BCUT2D eigenvalue weighted by molar-refractivity contribution is 0.0529. The highest BCUT2D eigenvalue weighted by Crippen LogP contribution is 2.15. The van der Waals surface area contributed by atoms with Gasteiger partial charge in [0, 0.05) is 13.0 Å². The predicted molar refractivity (Wildman–Crippen MR) is 80.0 cm³/mol. The first kappa shape index (κ1) is 16.6. The summed E-state index contributed by atoms with van der Waals surface area (Å²) in [5.74, 6) is 5.76. The van der Waals surface area contributed by atoms with Crippen LogP contribution in [-0.4, -0.2) is 23.2 Å². The van der Waals surface area contributed by atoms with Crippen LogP contribution < -0.4 is 5.32 Å². The molecular formula is C14H16Cl2N2O2. The first-order valence-electron chi connectivity index (χ1n) is 6.06. The Balaban J connectivity index is 2.38. The van der Waals surface area contributed by atoms with Gasteiger partial charge in [0.2, 0.25) is 0 Å². The summed E-state index contributed by atoms with van der Waals surface area (Å²) in [5.41, 5.74) is 0.103. The van der Waals surface area contributed by atoms with Crippen molar-refractivity contribution in [3.05, 3.63) is 28.0 Å². The molecule has 108 valence electrons. The minimum atomic E-state index is -0.502. The lowest BCUT2D eigenvalue weighted by Crippen LogP contribution is -2.32. The summed E-state index contributed by atoms with van der Waals surface area (Å²) in [6, 6.07) is 3.32. The molecular weight excluding hydrogens is 299 g/mol. The zero-order valence-electron chi connectivity index (χ0n) is 11.6. The SMILES string of the molecule is CC(C)(C)OC(=O)NCCC#Cc1ccc(Cl)nc1Cl. The molecule has 0 aliphatic rings. The number of nitrogens with zero attached hydrogens (tertiary/aromatic N) is 1. The number of carbonyl (C=O) groups excluding carboxylic acids is 1. The van der Waals surface area contributed by atoms with E-state index in [1.165, 1.54) is 0 Å². The van der Waals surface area contributed by atoms with Crippen LogP contribution in [0.4, 0.5) is 4.79 Å². The molecule has 1 aromatic heterocycles. The molecule has 0 fully saturated rings. The van der Waals surface area contributed by atoms with E-state index in [2.05, 4.69) is 22.1 Å². The maximum atomic E-state index is 11.4. The number of ether oxygens (including phenoxy) is 1. The number of aromatic nitrogens is 1. The van der Waals surface area contributed by atoms with Crippen molar-refractivity contribution in [3.8, 4) is 11.8 Å². The van der Waals surface area contributed by atoms with E-state index in [0.717, 1.165) is 0 Å². The smallest absolute Gasteiger partial charge is 0.407 e. The maximum Gasteiger partial charge on any atom is 0.407 e. The summed E-state index contributed by atoms with van der Waals surface area (Å²) in [6.45, 7) is 5.83. The number of pyridine rings is 1. The highest BCUT2D eigenvalue weighted by Gasteiger charge is 2.15. The van der Waals surface area contributed by atoms with Crippen molar-refractivity contribution in [2.75, 3.05) is 6.54 Å². The Morgan fingerprint density at radius 3 is 2.70 bits per heavy atom. The molecule has 0 saturated heterocycles. The molecule has 0 aliphatic carbocycles. The first-order chi connectivity index (χ1) is 9.28. The number of amides is 1. The van der Waals surface area contributed by atoms with Crippen molar-refractivity contribution in [2.24, 2.45) is 0 Å². The number of hydrogen-bond donors (Lipinski definition) is 1. The third-order valence-corrected chi connectivity index (χ3v) is 2.45. The minimum absolute atomic E-state index is 0.269. The van der Waals surface area contributed by atoms with Crippen molar-refractivity contribution < 1.29 is 9.53 Å². The fourth-order valence-corrected chi connectivity index (χ4v) is 1.60. The molecule has 1 N–H and O–H groups in total. The van der Waals surface area contributed by atoms with Crippen LogP contribution >= 0.6 is 23.2 Å². The summed E-state index contributed by atoms with van der Waals surface area (Å²) in [4.78, 5) is 15.2. The molecule has 6 heteroatoms. The van der Waals surface area contributed by atoms with Crippen molar-refractivity contribution in [1.29, 1.82) is 0 Å². The van der Waals surface area contributed by atoms with E-state index in [-0.39, 0.29) is 5.15 Å². The monoisotopic (exact) mass is 314 g/mol. The molecule has 0 bridgehead atoms. The highest BCUT2D eigenvalue weighted by molar-refractivity contribution is 6.33. The summed E-state index contributed by atoms with van der Waals surface area (Å²) in [5, 5.41) is 3.21. The minimum Gasteiger partial charge on any atom is -0.444 e. The van der Waals surface area contributed by atoms with Crippen molar-refractivity contribution in [3.63, 3.8) is 0 Å². The molecule has 20 heavy (non-hydrogen) atoms. The van der Waals surface area contributed by atoms with Crippen LogP contribution in [0.3, 0.4) is 0 Å². The van der Waals surface area contributed by atoms with Gasteiger partial charge in [-0.3, -0.25) is 0 Å². The molecule has 0 atom stereocenters.